The summed E-state index contributed by atoms with van der Waals surface area (Å²) in [5.41, 5.74) is 5.69. The van der Waals surface area contributed by atoms with Gasteiger partial charge in [0, 0.05) is 23.2 Å². The third kappa shape index (κ3) is 5.21. The zero-order valence-corrected chi connectivity index (χ0v) is 21.3. The van der Waals surface area contributed by atoms with Crippen molar-refractivity contribution in [3.63, 3.8) is 0 Å². The van der Waals surface area contributed by atoms with E-state index in [1.165, 1.54) is 23.2 Å². The molecule has 0 aliphatic carbocycles. The van der Waals surface area contributed by atoms with Crippen molar-refractivity contribution in [1.82, 2.24) is 20.5 Å². The first-order valence-electron chi connectivity index (χ1n) is 11.0. The number of carbonyl (C=O) groups excluding carboxylic acids is 3. The van der Waals surface area contributed by atoms with E-state index >= 15 is 0 Å². The van der Waals surface area contributed by atoms with Crippen molar-refractivity contribution in [2.24, 2.45) is 5.16 Å². The lowest BCUT2D eigenvalue weighted by molar-refractivity contribution is -0.150. The van der Waals surface area contributed by atoms with Gasteiger partial charge in [-0.25, -0.2) is 9.78 Å². The van der Waals surface area contributed by atoms with Crippen molar-refractivity contribution in [2.75, 3.05) is 24.6 Å². The van der Waals surface area contributed by atoms with Gasteiger partial charge >= 0.3 is 5.97 Å². The molecule has 0 bridgehead atoms. The van der Waals surface area contributed by atoms with Crippen LogP contribution >= 0.6 is 23.1 Å². The number of rotatable bonds is 9. The van der Waals surface area contributed by atoms with Crippen molar-refractivity contribution in [2.45, 2.75) is 18.3 Å². The predicted molar refractivity (Wildman–Crippen MR) is 136 cm³/mol. The number of thioether (sulfide) groups is 1. The third-order valence-corrected chi connectivity index (χ3v) is 7.51. The fraction of sp³-hybridized carbons (Fsp3) is 0.273. The topological polar surface area (TPSA) is 217 Å². The van der Waals surface area contributed by atoms with E-state index in [9.17, 15) is 34.5 Å². The highest BCUT2D eigenvalue weighted by atomic mass is 32.2. The first kappa shape index (κ1) is 26.7. The number of nitrogens with two attached hydrogens (primary N) is 1. The highest BCUT2D eigenvalue weighted by Crippen LogP contribution is 2.40. The number of anilines is 1. The summed E-state index contributed by atoms with van der Waals surface area (Å²) in [6.07, 6.45) is 0. The second-order valence-corrected chi connectivity index (χ2v) is 9.93. The van der Waals surface area contributed by atoms with Crippen molar-refractivity contribution in [3.8, 4) is 11.5 Å². The lowest BCUT2D eigenvalue weighted by Gasteiger charge is -2.49. The maximum absolute atomic E-state index is 13.0. The Morgan fingerprint density at radius 2 is 2.05 bits per heavy atom. The maximum atomic E-state index is 13.0. The number of carbonyl (C=O) groups is 4. The summed E-state index contributed by atoms with van der Waals surface area (Å²) < 4.78 is 0. The second kappa shape index (κ2) is 11.0. The summed E-state index contributed by atoms with van der Waals surface area (Å²) in [5, 5.41) is 38.8. The lowest BCUT2D eigenvalue weighted by Crippen LogP contribution is -2.71. The molecule has 7 N–H and O–H groups in total. The summed E-state index contributed by atoms with van der Waals surface area (Å²) >= 11 is 2.31. The number of carboxylic acids is 1. The van der Waals surface area contributed by atoms with Crippen LogP contribution < -0.4 is 16.4 Å². The highest BCUT2D eigenvalue weighted by molar-refractivity contribution is 8.00. The Kier molecular flexibility index (Phi) is 7.72. The number of nitrogen functional groups attached to an aromatic ring is 1. The minimum Gasteiger partial charge on any atom is -0.504 e. The average Bonchev–Trinajstić information content (AvgIpc) is 3.32. The summed E-state index contributed by atoms with van der Waals surface area (Å²) in [7, 11) is 0. The van der Waals surface area contributed by atoms with Gasteiger partial charge in [0.05, 0.1) is 0 Å². The van der Waals surface area contributed by atoms with Gasteiger partial charge < -0.3 is 36.5 Å². The molecule has 2 aliphatic rings. The average molecular weight is 563 g/mol. The molecule has 4 rings (SSSR count). The summed E-state index contributed by atoms with van der Waals surface area (Å²) in [6.45, 7) is 1.68. The van der Waals surface area contributed by atoms with Crippen molar-refractivity contribution >= 4 is 57.6 Å². The molecule has 38 heavy (non-hydrogen) atoms. The number of nitrogens with one attached hydrogen (secondary N) is 2. The van der Waals surface area contributed by atoms with Crippen molar-refractivity contribution < 1.29 is 39.3 Å². The third-order valence-electron chi connectivity index (χ3n) is 5.50. The number of nitrogens with zero attached hydrogens (tertiary/aromatic N) is 3. The molecule has 2 aliphatic heterocycles. The van der Waals surface area contributed by atoms with Crippen molar-refractivity contribution in [1.29, 1.82) is 0 Å². The van der Waals surface area contributed by atoms with Crippen LogP contribution in [0.1, 0.15) is 23.0 Å². The van der Waals surface area contributed by atoms with Crippen LogP contribution in [0, 0.1) is 0 Å². The van der Waals surface area contributed by atoms with E-state index in [0.717, 1.165) is 28.4 Å². The van der Waals surface area contributed by atoms with E-state index in [-0.39, 0.29) is 52.3 Å². The smallest absolute Gasteiger partial charge is 0.352 e. The van der Waals surface area contributed by atoms with E-state index in [1.807, 2.05) is 0 Å². The van der Waals surface area contributed by atoms with Gasteiger partial charge in [-0.05, 0) is 30.7 Å². The van der Waals surface area contributed by atoms with Crippen molar-refractivity contribution in [3.05, 3.63) is 46.1 Å². The summed E-state index contributed by atoms with van der Waals surface area (Å²) in [6, 6.07) is 2.48. The number of fused-ring (bicyclic) bond motifs is 1. The van der Waals surface area contributed by atoms with Gasteiger partial charge in [-0.1, -0.05) is 5.16 Å². The molecule has 0 unspecified atom stereocenters. The first-order valence-corrected chi connectivity index (χ1v) is 13.0. The number of carboxylic acid groups (broad SMARTS) is 1. The van der Waals surface area contributed by atoms with Crippen LogP contribution in [0.4, 0.5) is 5.13 Å². The minimum atomic E-state index is -1.36. The number of aromatic nitrogens is 1. The second-order valence-electron chi connectivity index (χ2n) is 7.93. The van der Waals surface area contributed by atoms with E-state index in [4.69, 9.17) is 10.6 Å². The maximum Gasteiger partial charge on any atom is 0.352 e. The van der Waals surface area contributed by atoms with Crippen LogP contribution in [0.25, 0.3) is 0 Å². The molecule has 16 heteroatoms. The fourth-order valence-corrected chi connectivity index (χ4v) is 5.61. The number of oxime groups is 1. The Bertz CT molecular complexity index is 1370. The molecule has 0 saturated carbocycles. The van der Waals surface area contributed by atoms with Crippen LogP contribution in [-0.2, 0) is 19.2 Å². The molecule has 0 radical (unpaired) electrons. The zero-order valence-electron chi connectivity index (χ0n) is 19.7. The lowest BCUT2D eigenvalue weighted by atomic mass is 10.0. The van der Waals surface area contributed by atoms with Gasteiger partial charge in [-0.2, -0.15) is 0 Å². The molecule has 1 aromatic heterocycles. The quantitative estimate of drug-likeness (QED) is 0.104. The van der Waals surface area contributed by atoms with E-state index in [2.05, 4.69) is 20.8 Å². The van der Waals surface area contributed by atoms with Gasteiger partial charge in [0.25, 0.3) is 17.7 Å². The molecule has 3 amide bonds. The predicted octanol–water partition coefficient (Wildman–Crippen LogP) is 0.0457. The molecule has 1 aromatic carbocycles. The SMILES string of the molecule is CCO/N=C(\C(=O)N[C@@H]1C(=O)N2C(C(=O)O)=C(CNC(=O)c3ccc(O)c(O)c3)CS[C@H]12)c1csc(N)n1. The number of hydrogen-bond donors (Lipinski definition) is 6. The van der Waals surface area contributed by atoms with Gasteiger partial charge in [-0.15, -0.1) is 23.1 Å². The number of benzene rings is 1. The van der Waals surface area contributed by atoms with E-state index in [0.29, 0.717) is 0 Å². The molecule has 2 atom stereocenters. The van der Waals surface area contributed by atoms with Gasteiger partial charge in [0.2, 0.25) is 0 Å². The van der Waals surface area contributed by atoms with Crippen LogP contribution in [-0.4, -0.2) is 84.9 Å². The summed E-state index contributed by atoms with van der Waals surface area (Å²) in [4.78, 5) is 60.5. The molecule has 3 heterocycles. The molecular weight excluding hydrogens is 540 g/mol. The molecule has 14 nitrogen and oxygen atoms in total. The number of phenols is 2. The molecular formula is C22H22N6O8S2. The Hall–Kier alpha value is -4.31. The largest absolute Gasteiger partial charge is 0.504 e. The molecule has 200 valence electrons. The Labute approximate surface area is 223 Å². The number of amides is 3. The normalized spacial score (nSPS) is 18.9. The molecule has 2 aromatic rings. The van der Waals surface area contributed by atoms with E-state index < -0.39 is 46.6 Å². The molecule has 1 saturated heterocycles. The number of phenolic OH excluding ortho intramolecular Hbond substituents is 2. The number of thiazole rings is 1. The van der Waals surface area contributed by atoms with Crippen LogP contribution in [0.5, 0.6) is 11.5 Å². The Balaban J connectivity index is 1.47. The van der Waals surface area contributed by atoms with Crippen LogP contribution in [0.15, 0.2) is 40.0 Å². The van der Waals surface area contributed by atoms with Crippen LogP contribution in [0.2, 0.25) is 0 Å². The Morgan fingerprint density at radius 1 is 1.29 bits per heavy atom. The number of β-lactam (4-membered cyclic amide) rings is 1. The van der Waals surface area contributed by atoms with Gasteiger partial charge in [-0.3, -0.25) is 19.3 Å². The van der Waals surface area contributed by atoms with Gasteiger partial charge in [0.15, 0.2) is 22.3 Å². The molecule has 1 fully saturated rings. The first-order chi connectivity index (χ1) is 18.1. The monoisotopic (exact) mass is 562 g/mol. The number of aliphatic carboxylic acids is 1. The van der Waals surface area contributed by atoms with E-state index in [1.54, 1.807) is 6.92 Å². The minimum absolute atomic E-state index is 0.0494. The Morgan fingerprint density at radius 3 is 2.68 bits per heavy atom. The summed E-state index contributed by atoms with van der Waals surface area (Å²) in [5.74, 6) is -4.08. The van der Waals surface area contributed by atoms with Gasteiger partial charge in [0.1, 0.15) is 29.4 Å². The van der Waals surface area contributed by atoms with Crippen LogP contribution in [0.3, 0.4) is 0 Å². The highest BCUT2D eigenvalue weighted by Gasteiger charge is 2.54. The number of hydrogen-bond acceptors (Lipinski definition) is 12. The zero-order chi connectivity index (χ0) is 27.6. The fourth-order valence-electron chi connectivity index (χ4n) is 3.71. The number of aromatic hydroxyl groups is 2. The molecule has 0 spiro atoms. The standard InChI is InChI=1S/C22H22N6O8S2/c1-2-36-27-14(11-8-38-22(23)25-11)18(32)26-15-19(33)28-16(21(34)35)10(7-37-20(15)28)6-24-17(31)9-3-4-12(29)13(30)5-9/h3-5,8,15,20,29-30H,2,6-7H2,1H3,(H2,23,25)(H,24,31)(H,26,32)(H,34,35)/b27-14-/t15-,20-/m1/s1.